The highest BCUT2D eigenvalue weighted by molar-refractivity contribution is 5.71. The molecule has 422 valence electrons. The second kappa shape index (κ2) is 61.0. The minimum absolute atomic E-state index is 0.0627. The van der Waals surface area contributed by atoms with Gasteiger partial charge in [-0.15, -0.1) is 0 Å². The maximum Gasteiger partial charge on any atom is 0.306 e. The molecule has 0 aromatic heterocycles. The summed E-state index contributed by atoms with van der Waals surface area (Å²) in [5.41, 5.74) is 0. The van der Waals surface area contributed by atoms with E-state index in [2.05, 4.69) is 20.8 Å². The summed E-state index contributed by atoms with van der Waals surface area (Å²) in [5.74, 6) is -0.851. The van der Waals surface area contributed by atoms with Gasteiger partial charge in [0.25, 0.3) is 0 Å². The van der Waals surface area contributed by atoms with Gasteiger partial charge in [-0.25, -0.2) is 0 Å². The molecule has 0 fully saturated rings. The molecule has 71 heavy (non-hydrogen) atoms. The van der Waals surface area contributed by atoms with Gasteiger partial charge in [0, 0.05) is 19.3 Å². The third-order valence-electron chi connectivity index (χ3n) is 15.1. The molecule has 1 unspecified atom stereocenters. The molecule has 0 aliphatic rings. The Hall–Kier alpha value is -1.59. The summed E-state index contributed by atoms with van der Waals surface area (Å²) in [7, 11) is 0. The van der Waals surface area contributed by atoms with E-state index in [-0.39, 0.29) is 31.1 Å². The Labute approximate surface area is 444 Å². The Kier molecular flexibility index (Phi) is 59.6. The van der Waals surface area contributed by atoms with E-state index < -0.39 is 6.10 Å². The number of carbonyl (C=O) groups excluding carboxylic acids is 3. The second-order valence-electron chi connectivity index (χ2n) is 22.4. The number of esters is 3. The Balaban J connectivity index is 3.80. The SMILES string of the molecule is CCCCCCCCCCCCCCCCCCCCCCCCCCCCCCCCCCCCC(=O)OCC(COC(=O)CCCCCCC)OC(=O)CCCCCCCCCCCCCCCC. The van der Waals surface area contributed by atoms with Crippen LogP contribution in [0.1, 0.15) is 380 Å². The van der Waals surface area contributed by atoms with E-state index in [1.165, 1.54) is 276 Å². The fourth-order valence-corrected chi connectivity index (χ4v) is 10.2. The molecule has 6 nitrogen and oxygen atoms in total. The molecule has 0 aromatic rings. The van der Waals surface area contributed by atoms with Crippen LogP contribution in [0.5, 0.6) is 0 Å². The highest BCUT2D eigenvalue weighted by Crippen LogP contribution is 2.19. The lowest BCUT2D eigenvalue weighted by atomic mass is 10.0. The van der Waals surface area contributed by atoms with Crippen molar-refractivity contribution in [3.8, 4) is 0 Å². The smallest absolute Gasteiger partial charge is 0.306 e. The molecule has 0 heterocycles. The van der Waals surface area contributed by atoms with E-state index in [0.717, 1.165) is 64.2 Å². The number of unbranched alkanes of at least 4 members (excludes halogenated alkanes) is 50. The van der Waals surface area contributed by atoms with Crippen molar-refractivity contribution >= 4 is 17.9 Å². The minimum atomic E-state index is -0.759. The van der Waals surface area contributed by atoms with Gasteiger partial charge in [0.2, 0.25) is 0 Å². The molecule has 0 radical (unpaired) electrons. The van der Waals surface area contributed by atoms with E-state index >= 15 is 0 Å². The Bertz CT molecular complexity index is 1060. The van der Waals surface area contributed by atoms with Crippen LogP contribution < -0.4 is 0 Å². The van der Waals surface area contributed by atoms with E-state index in [1.54, 1.807) is 0 Å². The largest absolute Gasteiger partial charge is 0.462 e. The van der Waals surface area contributed by atoms with Gasteiger partial charge in [0.1, 0.15) is 13.2 Å². The monoisotopic (exact) mass is 1000 g/mol. The van der Waals surface area contributed by atoms with Crippen LogP contribution in [0.2, 0.25) is 0 Å². The third-order valence-corrected chi connectivity index (χ3v) is 15.1. The molecule has 0 rings (SSSR count). The highest BCUT2D eigenvalue weighted by Gasteiger charge is 2.19. The Morgan fingerprint density at radius 2 is 0.380 bits per heavy atom. The first-order valence-corrected chi connectivity index (χ1v) is 32.5. The van der Waals surface area contributed by atoms with Gasteiger partial charge in [0.15, 0.2) is 6.10 Å². The van der Waals surface area contributed by atoms with Gasteiger partial charge in [-0.3, -0.25) is 14.4 Å². The Morgan fingerprint density at radius 1 is 0.225 bits per heavy atom. The second-order valence-corrected chi connectivity index (χ2v) is 22.4. The van der Waals surface area contributed by atoms with Crippen molar-refractivity contribution in [3.63, 3.8) is 0 Å². The topological polar surface area (TPSA) is 78.9 Å². The summed E-state index contributed by atoms with van der Waals surface area (Å²) in [5, 5.41) is 0. The number of carbonyl (C=O) groups is 3. The number of hydrogen-bond acceptors (Lipinski definition) is 6. The molecule has 0 aromatic carbocycles. The molecule has 0 N–H and O–H groups in total. The van der Waals surface area contributed by atoms with E-state index in [0.29, 0.717) is 19.3 Å². The summed E-state index contributed by atoms with van der Waals surface area (Å²) in [4.78, 5) is 37.8. The van der Waals surface area contributed by atoms with Crippen molar-refractivity contribution < 1.29 is 28.6 Å². The van der Waals surface area contributed by atoms with Crippen LogP contribution in [0.25, 0.3) is 0 Å². The maximum atomic E-state index is 12.8. The fourth-order valence-electron chi connectivity index (χ4n) is 10.2. The molecule has 0 bridgehead atoms. The van der Waals surface area contributed by atoms with Crippen molar-refractivity contribution in [3.05, 3.63) is 0 Å². The van der Waals surface area contributed by atoms with Gasteiger partial charge >= 0.3 is 17.9 Å². The molecule has 1 atom stereocenters. The molecule has 0 aliphatic carbocycles. The maximum absolute atomic E-state index is 12.8. The van der Waals surface area contributed by atoms with Crippen molar-refractivity contribution in [2.45, 2.75) is 386 Å². The van der Waals surface area contributed by atoms with Crippen molar-refractivity contribution in [2.75, 3.05) is 13.2 Å². The summed E-state index contributed by atoms with van der Waals surface area (Å²) >= 11 is 0. The molecule has 0 spiro atoms. The highest BCUT2D eigenvalue weighted by atomic mass is 16.6. The van der Waals surface area contributed by atoms with Crippen LogP contribution in [0.4, 0.5) is 0 Å². The standard InChI is InChI=1S/C65H126O6/c1-4-7-10-13-15-17-19-21-23-24-25-26-27-28-29-30-31-32-33-34-35-36-37-38-39-40-41-42-44-45-47-49-52-55-58-64(67)70-61-62(60-69-63(66)57-54-51-12-9-6-3)71-65(68)59-56-53-50-48-46-43-22-20-18-16-14-11-8-5-2/h62H,4-61H2,1-3H3. The molecule has 0 saturated carbocycles. The van der Waals surface area contributed by atoms with Crippen molar-refractivity contribution in [1.82, 2.24) is 0 Å². The lowest BCUT2D eigenvalue weighted by Gasteiger charge is -2.18. The van der Waals surface area contributed by atoms with Gasteiger partial charge in [-0.1, -0.05) is 342 Å². The molecule has 0 amide bonds. The van der Waals surface area contributed by atoms with Crippen LogP contribution in [-0.2, 0) is 28.6 Å². The van der Waals surface area contributed by atoms with Crippen LogP contribution in [0.3, 0.4) is 0 Å². The third kappa shape index (κ3) is 59.2. The molecule has 0 aliphatic heterocycles. The number of rotatable bonds is 61. The van der Waals surface area contributed by atoms with Gasteiger partial charge in [0.05, 0.1) is 0 Å². The van der Waals surface area contributed by atoms with Crippen LogP contribution in [-0.4, -0.2) is 37.2 Å². The van der Waals surface area contributed by atoms with Crippen LogP contribution in [0.15, 0.2) is 0 Å². The predicted octanol–water partition coefficient (Wildman–Crippen LogP) is 21.9. The molecular weight excluding hydrogens is 877 g/mol. The average Bonchev–Trinajstić information content (AvgIpc) is 3.37. The number of hydrogen-bond donors (Lipinski definition) is 0. The summed E-state index contributed by atoms with van der Waals surface area (Å²) in [6.45, 7) is 6.62. The summed E-state index contributed by atoms with van der Waals surface area (Å²) in [6, 6.07) is 0. The zero-order valence-electron chi connectivity index (χ0n) is 48.5. The normalized spacial score (nSPS) is 11.9. The van der Waals surface area contributed by atoms with Crippen molar-refractivity contribution in [1.29, 1.82) is 0 Å². The Morgan fingerprint density at radius 3 is 0.563 bits per heavy atom. The summed E-state index contributed by atoms with van der Waals surface area (Å²) < 4.78 is 16.7. The first kappa shape index (κ1) is 69.4. The van der Waals surface area contributed by atoms with Gasteiger partial charge < -0.3 is 14.2 Å². The predicted molar refractivity (Wildman–Crippen MR) is 307 cm³/mol. The number of ether oxygens (including phenoxy) is 3. The molecule has 6 heteroatoms. The van der Waals surface area contributed by atoms with Gasteiger partial charge in [-0.05, 0) is 19.3 Å². The van der Waals surface area contributed by atoms with E-state index in [1.807, 2.05) is 0 Å². The molecule has 0 saturated heterocycles. The quantitative estimate of drug-likeness (QED) is 0.0343. The van der Waals surface area contributed by atoms with Gasteiger partial charge in [-0.2, -0.15) is 0 Å². The van der Waals surface area contributed by atoms with Crippen LogP contribution >= 0.6 is 0 Å². The molecular formula is C65H126O6. The van der Waals surface area contributed by atoms with E-state index in [9.17, 15) is 14.4 Å². The lowest BCUT2D eigenvalue weighted by molar-refractivity contribution is -0.167. The average molecular weight is 1000 g/mol. The first-order valence-electron chi connectivity index (χ1n) is 32.5. The minimum Gasteiger partial charge on any atom is -0.462 e. The zero-order valence-corrected chi connectivity index (χ0v) is 48.5. The first-order chi connectivity index (χ1) is 35.0. The zero-order chi connectivity index (χ0) is 51.4. The van der Waals surface area contributed by atoms with Crippen molar-refractivity contribution in [2.24, 2.45) is 0 Å². The lowest BCUT2D eigenvalue weighted by Crippen LogP contribution is -2.30. The summed E-state index contributed by atoms with van der Waals surface area (Å²) in [6.07, 6.45) is 70.5. The van der Waals surface area contributed by atoms with E-state index in [4.69, 9.17) is 14.2 Å². The van der Waals surface area contributed by atoms with Crippen LogP contribution in [0, 0.1) is 0 Å². The fraction of sp³-hybridized carbons (Fsp3) is 0.954.